The van der Waals surface area contributed by atoms with Crippen LogP contribution in [0.25, 0.3) is 0 Å². The van der Waals surface area contributed by atoms with E-state index in [4.69, 9.17) is 4.74 Å². The van der Waals surface area contributed by atoms with E-state index >= 15 is 0 Å². The third-order valence-corrected chi connectivity index (χ3v) is 4.46. The molecule has 1 spiro atoms. The normalized spacial score (nSPS) is 20.7. The van der Waals surface area contributed by atoms with Crippen LogP contribution in [0.4, 0.5) is 0 Å². The Kier molecular flexibility index (Phi) is 3.61. The topological polar surface area (TPSA) is 62.4 Å². The molecule has 0 aromatic carbocycles. The number of hydrogen-bond donors (Lipinski definition) is 1. The van der Waals surface area contributed by atoms with Gasteiger partial charge in [0.25, 0.3) is 0 Å². The maximum absolute atomic E-state index is 12.4. The molecule has 0 bridgehead atoms. The number of ether oxygens (including phenoxy) is 1. The van der Waals surface area contributed by atoms with Gasteiger partial charge >= 0.3 is 0 Å². The number of nitrogens with one attached hydrogen (secondary N) is 1. The summed E-state index contributed by atoms with van der Waals surface area (Å²) in [5.41, 5.74) is 0.871. The van der Waals surface area contributed by atoms with Crippen LogP contribution in [-0.4, -0.2) is 41.1 Å². The summed E-state index contributed by atoms with van der Waals surface area (Å²) < 4.78 is 5.55. The number of aryl methyl sites for hydroxylation is 1. The number of carbonyl (C=O) groups is 1. The molecule has 1 aliphatic heterocycles. The fourth-order valence-electron chi connectivity index (χ4n) is 3.11. The predicted molar refractivity (Wildman–Crippen MR) is 74.5 cm³/mol. The molecule has 1 N–H and O–H groups in total. The van der Waals surface area contributed by atoms with E-state index in [1.807, 2.05) is 4.90 Å². The Morgan fingerprint density at radius 2 is 2.25 bits per heavy atom. The maximum atomic E-state index is 12.4. The lowest BCUT2D eigenvalue weighted by Crippen LogP contribution is -2.62. The number of H-pyrrole nitrogens is 1. The van der Waals surface area contributed by atoms with Crippen LogP contribution >= 0.6 is 0 Å². The van der Waals surface area contributed by atoms with Crippen molar-refractivity contribution in [3.8, 4) is 0 Å². The first-order chi connectivity index (χ1) is 9.70. The van der Waals surface area contributed by atoms with E-state index in [2.05, 4.69) is 4.98 Å². The second kappa shape index (κ2) is 5.40. The zero-order valence-electron chi connectivity index (χ0n) is 11.6. The Morgan fingerprint density at radius 1 is 1.40 bits per heavy atom. The number of morpholine rings is 1. The molecule has 20 heavy (non-hydrogen) atoms. The first-order valence-electron chi connectivity index (χ1n) is 7.25. The summed E-state index contributed by atoms with van der Waals surface area (Å²) in [5.74, 6) is 0.208. The van der Waals surface area contributed by atoms with Gasteiger partial charge in [-0.3, -0.25) is 9.59 Å². The fraction of sp³-hybridized carbons (Fsp3) is 0.600. The molecule has 108 valence electrons. The van der Waals surface area contributed by atoms with E-state index in [-0.39, 0.29) is 17.0 Å². The molecule has 0 unspecified atom stereocenters. The van der Waals surface area contributed by atoms with Gasteiger partial charge in [0.15, 0.2) is 0 Å². The molecule has 2 aliphatic rings. The minimum atomic E-state index is -0.110. The van der Waals surface area contributed by atoms with E-state index in [1.165, 1.54) is 12.5 Å². The standard InChI is InChI=1S/C15H20N2O3/c18-13-4-2-12(10-16-13)3-5-14(19)17-8-9-20-11-15(17)6-1-7-15/h2,4,10H,1,3,5-9,11H2,(H,16,18). The molecule has 1 saturated carbocycles. The molecule has 0 atom stereocenters. The summed E-state index contributed by atoms with van der Waals surface area (Å²) in [4.78, 5) is 28.1. The van der Waals surface area contributed by atoms with Crippen molar-refractivity contribution in [2.75, 3.05) is 19.8 Å². The van der Waals surface area contributed by atoms with Gasteiger partial charge in [-0.1, -0.05) is 6.07 Å². The Morgan fingerprint density at radius 3 is 2.90 bits per heavy atom. The number of rotatable bonds is 3. The van der Waals surface area contributed by atoms with Gasteiger partial charge in [-0.25, -0.2) is 0 Å². The van der Waals surface area contributed by atoms with Gasteiger partial charge in [-0.15, -0.1) is 0 Å². The molecule has 1 saturated heterocycles. The Hall–Kier alpha value is -1.62. The van der Waals surface area contributed by atoms with Crippen molar-refractivity contribution >= 4 is 5.91 Å². The van der Waals surface area contributed by atoms with Crippen LogP contribution in [0.3, 0.4) is 0 Å². The van der Waals surface area contributed by atoms with Gasteiger partial charge < -0.3 is 14.6 Å². The van der Waals surface area contributed by atoms with Crippen LogP contribution < -0.4 is 5.56 Å². The van der Waals surface area contributed by atoms with Crippen molar-refractivity contribution in [1.82, 2.24) is 9.88 Å². The summed E-state index contributed by atoms with van der Waals surface area (Å²) in [5, 5.41) is 0. The van der Waals surface area contributed by atoms with Crippen molar-refractivity contribution < 1.29 is 9.53 Å². The highest BCUT2D eigenvalue weighted by Gasteiger charge is 2.46. The van der Waals surface area contributed by atoms with E-state index in [0.717, 1.165) is 18.4 Å². The molecular weight excluding hydrogens is 256 g/mol. The van der Waals surface area contributed by atoms with Gasteiger partial charge in [-0.05, 0) is 31.2 Å². The molecule has 3 rings (SSSR count). The zero-order valence-corrected chi connectivity index (χ0v) is 11.6. The van der Waals surface area contributed by atoms with Crippen molar-refractivity contribution in [1.29, 1.82) is 0 Å². The minimum absolute atomic E-state index is 0.0136. The van der Waals surface area contributed by atoms with Crippen molar-refractivity contribution in [3.63, 3.8) is 0 Å². The minimum Gasteiger partial charge on any atom is -0.377 e. The van der Waals surface area contributed by atoms with Gasteiger partial charge in [0, 0.05) is 25.2 Å². The number of aromatic nitrogens is 1. The number of carbonyl (C=O) groups excluding carboxylic acids is 1. The highest BCUT2D eigenvalue weighted by molar-refractivity contribution is 5.77. The fourth-order valence-corrected chi connectivity index (χ4v) is 3.11. The molecule has 0 radical (unpaired) electrons. The first kappa shape index (κ1) is 13.4. The summed E-state index contributed by atoms with van der Waals surface area (Å²) in [7, 11) is 0. The predicted octanol–water partition coefficient (Wildman–Crippen LogP) is 1.09. The Bertz CT molecular complexity index is 528. The van der Waals surface area contributed by atoms with Crippen molar-refractivity contribution in [2.24, 2.45) is 0 Å². The lowest BCUT2D eigenvalue weighted by Gasteiger charge is -2.52. The number of pyridine rings is 1. The van der Waals surface area contributed by atoms with Crippen LogP contribution in [0, 0.1) is 0 Å². The van der Waals surface area contributed by atoms with Gasteiger partial charge in [0.05, 0.1) is 18.8 Å². The van der Waals surface area contributed by atoms with Crippen molar-refractivity contribution in [2.45, 2.75) is 37.6 Å². The quantitative estimate of drug-likeness (QED) is 0.899. The molecule has 1 aliphatic carbocycles. The molecular formula is C15H20N2O3. The van der Waals surface area contributed by atoms with Crippen LogP contribution in [0.2, 0.25) is 0 Å². The van der Waals surface area contributed by atoms with Crippen LogP contribution in [-0.2, 0) is 16.0 Å². The monoisotopic (exact) mass is 276 g/mol. The highest BCUT2D eigenvalue weighted by Crippen LogP contribution is 2.40. The van der Waals surface area contributed by atoms with Gasteiger partial charge in [0.2, 0.25) is 11.5 Å². The SMILES string of the molecule is O=C(CCc1ccc(=O)[nH]c1)N1CCOCC12CCC2. The van der Waals surface area contributed by atoms with Crippen LogP contribution in [0.1, 0.15) is 31.2 Å². The Balaban J connectivity index is 1.60. The summed E-state index contributed by atoms with van der Waals surface area (Å²) >= 11 is 0. The molecule has 2 fully saturated rings. The third kappa shape index (κ3) is 2.50. The largest absolute Gasteiger partial charge is 0.377 e. The average Bonchev–Trinajstić information content (AvgIpc) is 2.44. The number of aromatic amines is 1. The second-order valence-electron chi connectivity index (χ2n) is 5.74. The zero-order chi connectivity index (χ0) is 14.0. The second-order valence-corrected chi connectivity index (χ2v) is 5.74. The number of amides is 1. The lowest BCUT2D eigenvalue weighted by molar-refractivity contribution is -0.158. The van der Waals surface area contributed by atoms with E-state index in [0.29, 0.717) is 32.6 Å². The first-order valence-corrected chi connectivity index (χ1v) is 7.25. The molecule has 1 amide bonds. The van der Waals surface area contributed by atoms with Gasteiger partial charge in [-0.2, -0.15) is 0 Å². The molecule has 1 aromatic heterocycles. The summed E-state index contributed by atoms with van der Waals surface area (Å²) in [6, 6.07) is 3.28. The molecule has 5 heteroatoms. The number of nitrogens with zero attached hydrogens (tertiary/aromatic N) is 1. The smallest absolute Gasteiger partial charge is 0.247 e. The maximum Gasteiger partial charge on any atom is 0.247 e. The Labute approximate surface area is 117 Å². The summed E-state index contributed by atoms with van der Waals surface area (Å²) in [6.45, 7) is 2.05. The van der Waals surface area contributed by atoms with Gasteiger partial charge in [0.1, 0.15) is 0 Å². The molecule has 1 aromatic rings. The number of hydrogen-bond acceptors (Lipinski definition) is 3. The van der Waals surface area contributed by atoms with E-state index < -0.39 is 0 Å². The van der Waals surface area contributed by atoms with Crippen LogP contribution in [0.5, 0.6) is 0 Å². The van der Waals surface area contributed by atoms with Crippen molar-refractivity contribution in [3.05, 3.63) is 34.2 Å². The van der Waals surface area contributed by atoms with E-state index in [1.54, 1.807) is 12.3 Å². The lowest BCUT2D eigenvalue weighted by atomic mass is 9.75. The highest BCUT2D eigenvalue weighted by atomic mass is 16.5. The summed E-state index contributed by atoms with van der Waals surface area (Å²) in [6.07, 6.45) is 6.17. The average molecular weight is 276 g/mol. The molecule has 2 heterocycles. The van der Waals surface area contributed by atoms with E-state index in [9.17, 15) is 9.59 Å². The van der Waals surface area contributed by atoms with Crippen LogP contribution in [0.15, 0.2) is 23.1 Å². The third-order valence-electron chi connectivity index (χ3n) is 4.46. The molecule has 5 nitrogen and oxygen atoms in total.